The van der Waals surface area contributed by atoms with Crippen LogP contribution in [0.2, 0.25) is 0 Å². The number of nitrogens with zero attached hydrogens (tertiary/aromatic N) is 2. The fourth-order valence-corrected chi connectivity index (χ4v) is 3.82. The number of anilines is 1. The van der Waals surface area contributed by atoms with Crippen LogP contribution >= 0.6 is 0 Å². The predicted octanol–water partition coefficient (Wildman–Crippen LogP) is 6.59. The van der Waals surface area contributed by atoms with Gasteiger partial charge in [0.15, 0.2) is 0 Å². The number of fused-ring (bicyclic) bond motifs is 2. The van der Waals surface area contributed by atoms with Gasteiger partial charge in [0.2, 0.25) is 5.88 Å². The van der Waals surface area contributed by atoms with Gasteiger partial charge in [0.05, 0.1) is 28.9 Å². The number of alkyl halides is 3. The number of halogens is 3. The van der Waals surface area contributed by atoms with Gasteiger partial charge in [0, 0.05) is 17.0 Å². The van der Waals surface area contributed by atoms with Crippen molar-refractivity contribution in [2.24, 2.45) is 0 Å². The Bertz CT molecular complexity index is 1070. The smallest absolute Gasteiger partial charge is 0.417 e. The standard InChI is InChI=1S/C23H27F3N2O3/c1-8-30-19-10-16(23(24,25)26)15-9-14-13(2)12-22(6,7)28(18(14)11-17(15)27-19)20(29)31-21(3,4)5/h9-12H,8H2,1-7H3. The van der Waals surface area contributed by atoms with Gasteiger partial charge in [-0.2, -0.15) is 13.2 Å². The molecule has 0 spiro atoms. The molecule has 0 atom stereocenters. The molecule has 168 valence electrons. The average molecular weight is 436 g/mol. The third kappa shape index (κ3) is 4.48. The Kier molecular flexibility index (Phi) is 5.49. The lowest BCUT2D eigenvalue weighted by atomic mass is 9.88. The monoisotopic (exact) mass is 436 g/mol. The molecule has 2 aromatic rings. The van der Waals surface area contributed by atoms with Crippen molar-refractivity contribution in [3.8, 4) is 5.88 Å². The molecule has 2 heterocycles. The summed E-state index contributed by atoms with van der Waals surface area (Å²) >= 11 is 0. The minimum atomic E-state index is -4.59. The van der Waals surface area contributed by atoms with Crippen molar-refractivity contribution in [2.45, 2.75) is 65.8 Å². The summed E-state index contributed by atoms with van der Waals surface area (Å²) in [6.45, 7) is 12.6. The summed E-state index contributed by atoms with van der Waals surface area (Å²) in [7, 11) is 0. The van der Waals surface area contributed by atoms with Crippen LogP contribution in [-0.2, 0) is 10.9 Å². The van der Waals surface area contributed by atoms with Crippen molar-refractivity contribution in [1.82, 2.24) is 4.98 Å². The third-order valence-corrected chi connectivity index (χ3v) is 4.89. The third-order valence-electron chi connectivity index (χ3n) is 4.89. The topological polar surface area (TPSA) is 51.7 Å². The van der Waals surface area contributed by atoms with E-state index in [9.17, 15) is 18.0 Å². The molecule has 0 aliphatic carbocycles. The fraction of sp³-hybridized carbons (Fsp3) is 0.478. The van der Waals surface area contributed by atoms with Gasteiger partial charge in [-0.3, -0.25) is 4.90 Å². The predicted molar refractivity (Wildman–Crippen MR) is 114 cm³/mol. The zero-order valence-electron chi connectivity index (χ0n) is 18.8. The number of aromatic nitrogens is 1. The van der Waals surface area contributed by atoms with E-state index in [1.165, 1.54) is 17.0 Å². The van der Waals surface area contributed by atoms with Crippen molar-refractivity contribution in [2.75, 3.05) is 11.5 Å². The molecule has 0 N–H and O–H groups in total. The molecule has 1 aromatic carbocycles. The number of carbonyl (C=O) groups excluding carboxylic acids is 1. The highest BCUT2D eigenvalue weighted by molar-refractivity contribution is 6.01. The van der Waals surface area contributed by atoms with Crippen LogP contribution in [0.25, 0.3) is 16.5 Å². The summed E-state index contributed by atoms with van der Waals surface area (Å²) in [4.78, 5) is 18.8. The first kappa shape index (κ1) is 22.9. The van der Waals surface area contributed by atoms with Crippen LogP contribution in [0.4, 0.5) is 23.7 Å². The Morgan fingerprint density at radius 1 is 1.16 bits per heavy atom. The number of pyridine rings is 1. The molecule has 0 saturated carbocycles. The second-order valence-corrected chi connectivity index (χ2v) is 9.12. The number of carbonyl (C=O) groups is 1. The van der Waals surface area contributed by atoms with Gasteiger partial charge in [-0.05, 0) is 66.2 Å². The van der Waals surface area contributed by atoms with Crippen LogP contribution in [-0.4, -0.2) is 28.8 Å². The van der Waals surface area contributed by atoms with Crippen LogP contribution < -0.4 is 9.64 Å². The van der Waals surface area contributed by atoms with E-state index in [2.05, 4.69) is 4.98 Å². The number of allylic oxidation sites excluding steroid dienone is 1. The molecular formula is C23H27F3N2O3. The van der Waals surface area contributed by atoms with E-state index >= 15 is 0 Å². The lowest BCUT2D eigenvalue weighted by Crippen LogP contribution is -2.50. The van der Waals surface area contributed by atoms with Crippen LogP contribution in [0.5, 0.6) is 5.88 Å². The quantitative estimate of drug-likeness (QED) is 0.533. The van der Waals surface area contributed by atoms with Crippen molar-refractivity contribution in [1.29, 1.82) is 0 Å². The molecular weight excluding hydrogens is 409 g/mol. The maximum absolute atomic E-state index is 13.8. The van der Waals surface area contributed by atoms with Gasteiger partial charge in [0.25, 0.3) is 0 Å². The number of hydrogen-bond acceptors (Lipinski definition) is 4. The molecule has 3 rings (SSSR count). The Morgan fingerprint density at radius 2 is 1.81 bits per heavy atom. The number of benzene rings is 1. The van der Waals surface area contributed by atoms with E-state index in [0.29, 0.717) is 11.3 Å². The highest BCUT2D eigenvalue weighted by Crippen LogP contribution is 2.44. The maximum Gasteiger partial charge on any atom is 0.417 e. The van der Waals surface area contributed by atoms with E-state index in [-0.39, 0.29) is 23.4 Å². The molecule has 31 heavy (non-hydrogen) atoms. The lowest BCUT2D eigenvalue weighted by Gasteiger charge is -2.41. The number of ether oxygens (including phenoxy) is 2. The summed E-state index contributed by atoms with van der Waals surface area (Å²) in [5.41, 5.74) is -0.484. The number of rotatable bonds is 2. The molecule has 1 aliphatic heterocycles. The maximum atomic E-state index is 13.8. The molecule has 1 aliphatic rings. The van der Waals surface area contributed by atoms with E-state index in [0.717, 1.165) is 11.6 Å². The summed E-state index contributed by atoms with van der Waals surface area (Å²) < 4.78 is 52.3. The highest BCUT2D eigenvalue weighted by Gasteiger charge is 2.40. The van der Waals surface area contributed by atoms with E-state index in [4.69, 9.17) is 9.47 Å². The molecule has 0 radical (unpaired) electrons. The lowest BCUT2D eigenvalue weighted by molar-refractivity contribution is -0.136. The van der Waals surface area contributed by atoms with Crippen molar-refractivity contribution in [3.05, 3.63) is 35.4 Å². The van der Waals surface area contributed by atoms with Crippen LogP contribution in [0.3, 0.4) is 0 Å². The highest BCUT2D eigenvalue weighted by atomic mass is 19.4. The Morgan fingerprint density at radius 3 is 2.35 bits per heavy atom. The Labute approximate surface area is 179 Å². The van der Waals surface area contributed by atoms with Gasteiger partial charge in [0.1, 0.15) is 5.60 Å². The second kappa shape index (κ2) is 7.43. The summed E-state index contributed by atoms with van der Waals surface area (Å²) in [5, 5.41) is -0.0497. The van der Waals surface area contributed by atoms with E-state index < -0.39 is 29.0 Å². The largest absolute Gasteiger partial charge is 0.478 e. The van der Waals surface area contributed by atoms with Gasteiger partial charge < -0.3 is 9.47 Å². The van der Waals surface area contributed by atoms with Gasteiger partial charge in [-0.25, -0.2) is 9.78 Å². The molecule has 5 nitrogen and oxygen atoms in total. The normalized spacial score (nSPS) is 16.1. The molecule has 1 aromatic heterocycles. The van der Waals surface area contributed by atoms with Crippen molar-refractivity contribution >= 4 is 28.3 Å². The first-order chi connectivity index (χ1) is 14.1. The molecule has 0 unspecified atom stereocenters. The Balaban J connectivity index is 2.31. The zero-order chi connectivity index (χ0) is 23.4. The first-order valence-corrected chi connectivity index (χ1v) is 10.1. The average Bonchev–Trinajstić information content (AvgIpc) is 2.56. The van der Waals surface area contributed by atoms with Crippen LogP contribution in [0, 0.1) is 0 Å². The molecule has 1 amide bonds. The van der Waals surface area contributed by atoms with Gasteiger partial charge in [-0.1, -0.05) is 6.08 Å². The van der Waals surface area contributed by atoms with Crippen molar-refractivity contribution < 1.29 is 27.4 Å². The summed E-state index contributed by atoms with van der Waals surface area (Å²) in [6, 6.07) is 3.86. The first-order valence-electron chi connectivity index (χ1n) is 10.1. The van der Waals surface area contributed by atoms with Crippen molar-refractivity contribution in [3.63, 3.8) is 0 Å². The minimum absolute atomic E-state index is 0.0497. The second-order valence-electron chi connectivity index (χ2n) is 9.12. The van der Waals surface area contributed by atoms with Gasteiger partial charge >= 0.3 is 12.3 Å². The molecule has 0 bridgehead atoms. The van der Waals surface area contributed by atoms with Crippen LogP contribution in [0.1, 0.15) is 59.6 Å². The summed E-state index contributed by atoms with van der Waals surface area (Å²) in [5.74, 6) is -0.117. The molecule has 0 saturated heterocycles. The number of hydrogen-bond donors (Lipinski definition) is 0. The summed E-state index contributed by atoms with van der Waals surface area (Å²) in [6.07, 6.45) is -3.32. The SMILES string of the molecule is CCOc1cc(C(F)(F)F)c2cc3c(cc2n1)N(C(=O)OC(C)(C)C)C(C)(C)C=C3C. The minimum Gasteiger partial charge on any atom is -0.478 e. The Hall–Kier alpha value is -2.77. The van der Waals surface area contributed by atoms with Gasteiger partial charge in [-0.15, -0.1) is 0 Å². The van der Waals surface area contributed by atoms with E-state index in [1.54, 1.807) is 27.7 Å². The number of amides is 1. The fourth-order valence-electron chi connectivity index (χ4n) is 3.82. The molecule has 0 fully saturated rings. The molecule has 8 heteroatoms. The zero-order valence-corrected chi connectivity index (χ0v) is 18.8. The van der Waals surface area contributed by atoms with Crippen LogP contribution in [0.15, 0.2) is 24.3 Å². The van der Waals surface area contributed by atoms with E-state index in [1.807, 2.05) is 26.8 Å².